The predicted molar refractivity (Wildman–Crippen MR) is 82.4 cm³/mol. The molecule has 0 saturated heterocycles. The first kappa shape index (κ1) is 13.9. The molecular formula is C16H19ClN2. The molecule has 3 heteroatoms. The van der Waals surface area contributed by atoms with Gasteiger partial charge in [-0.25, -0.2) is 4.98 Å². The molecule has 0 aliphatic heterocycles. The Morgan fingerprint density at radius 2 is 1.84 bits per heavy atom. The van der Waals surface area contributed by atoms with Crippen LogP contribution in [0.4, 0.5) is 11.5 Å². The fourth-order valence-corrected chi connectivity index (χ4v) is 2.27. The quantitative estimate of drug-likeness (QED) is 0.765. The first-order valence-electron chi connectivity index (χ1n) is 6.50. The predicted octanol–water partition coefficient (Wildman–Crippen LogP) is 4.46. The van der Waals surface area contributed by atoms with E-state index in [1.54, 1.807) is 0 Å². The van der Waals surface area contributed by atoms with Crippen molar-refractivity contribution in [3.8, 4) is 0 Å². The normalized spacial score (nSPS) is 10.5. The summed E-state index contributed by atoms with van der Waals surface area (Å²) in [4.78, 5) is 6.61. The molecule has 100 valence electrons. The standard InChI is InChI=1S/C16H19ClN2/c1-4-13-5-7-15(8-6-13)19(3)16-12(2)9-14(10-17)11-18-16/h5-9,11H,4,10H2,1-3H3. The van der Waals surface area contributed by atoms with Crippen molar-refractivity contribution in [2.75, 3.05) is 11.9 Å². The van der Waals surface area contributed by atoms with Gasteiger partial charge in [-0.15, -0.1) is 11.6 Å². The van der Waals surface area contributed by atoms with Gasteiger partial charge in [-0.3, -0.25) is 0 Å². The second kappa shape index (κ2) is 6.07. The molecule has 1 heterocycles. The summed E-state index contributed by atoms with van der Waals surface area (Å²) in [6.07, 6.45) is 2.90. The highest BCUT2D eigenvalue weighted by Gasteiger charge is 2.09. The monoisotopic (exact) mass is 274 g/mol. The van der Waals surface area contributed by atoms with E-state index in [9.17, 15) is 0 Å². The van der Waals surface area contributed by atoms with Gasteiger partial charge in [0, 0.05) is 24.8 Å². The van der Waals surface area contributed by atoms with E-state index in [1.807, 2.05) is 13.2 Å². The van der Waals surface area contributed by atoms with Crippen molar-refractivity contribution in [3.05, 3.63) is 53.2 Å². The SMILES string of the molecule is CCc1ccc(N(C)c2ncc(CCl)cc2C)cc1. The Morgan fingerprint density at radius 1 is 1.16 bits per heavy atom. The largest absolute Gasteiger partial charge is 0.329 e. The second-order valence-electron chi connectivity index (χ2n) is 4.70. The van der Waals surface area contributed by atoms with Crippen LogP contribution in [0, 0.1) is 6.92 Å². The lowest BCUT2D eigenvalue weighted by molar-refractivity contribution is 1.08. The van der Waals surface area contributed by atoms with Gasteiger partial charge < -0.3 is 4.90 Å². The van der Waals surface area contributed by atoms with Crippen LogP contribution in [0.1, 0.15) is 23.6 Å². The highest BCUT2D eigenvalue weighted by atomic mass is 35.5. The lowest BCUT2D eigenvalue weighted by Crippen LogP contribution is -2.12. The number of aromatic nitrogens is 1. The van der Waals surface area contributed by atoms with Gasteiger partial charge in [0.05, 0.1) is 0 Å². The maximum Gasteiger partial charge on any atom is 0.135 e. The number of halogens is 1. The third kappa shape index (κ3) is 3.07. The van der Waals surface area contributed by atoms with E-state index in [1.165, 1.54) is 5.56 Å². The molecule has 1 aromatic heterocycles. The van der Waals surface area contributed by atoms with Crippen LogP contribution in [-0.4, -0.2) is 12.0 Å². The maximum absolute atomic E-state index is 5.83. The molecule has 1 aromatic carbocycles. The summed E-state index contributed by atoms with van der Waals surface area (Å²) in [5.74, 6) is 1.47. The number of hydrogen-bond acceptors (Lipinski definition) is 2. The summed E-state index contributed by atoms with van der Waals surface area (Å²) >= 11 is 5.83. The third-order valence-corrected chi connectivity index (χ3v) is 3.62. The van der Waals surface area contributed by atoms with Gasteiger partial charge in [0.25, 0.3) is 0 Å². The molecule has 0 unspecified atom stereocenters. The summed E-state index contributed by atoms with van der Waals surface area (Å²) in [6.45, 7) is 4.23. The van der Waals surface area contributed by atoms with E-state index in [0.717, 1.165) is 29.1 Å². The molecule has 0 atom stereocenters. The number of rotatable bonds is 4. The molecule has 0 fully saturated rings. The molecule has 0 radical (unpaired) electrons. The van der Waals surface area contributed by atoms with Crippen LogP contribution < -0.4 is 4.90 Å². The van der Waals surface area contributed by atoms with Gasteiger partial charge >= 0.3 is 0 Å². The first-order chi connectivity index (χ1) is 9.15. The van der Waals surface area contributed by atoms with Crippen molar-refractivity contribution in [2.24, 2.45) is 0 Å². The molecule has 0 saturated carbocycles. The summed E-state index contributed by atoms with van der Waals surface area (Å²) in [5, 5.41) is 0. The summed E-state index contributed by atoms with van der Waals surface area (Å²) in [7, 11) is 2.04. The van der Waals surface area contributed by atoms with Gasteiger partial charge in [-0.2, -0.15) is 0 Å². The molecule has 0 amide bonds. The zero-order valence-electron chi connectivity index (χ0n) is 11.7. The number of benzene rings is 1. The average molecular weight is 275 g/mol. The fraction of sp³-hybridized carbons (Fsp3) is 0.312. The Balaban J connectivity index is 2.29. The molecular weight excluding hydrogens is 256 g/mol. The minimum atomic E-state index is 0.503. The Morgan fingerprint density at radius 3 is 2.37 bits per heavy atom. The van der Waals surface area contributed by atoms with Gasteiger partial charge in [0.2, 0.25) is 0 Å². The average Bonchev–Trinajstić information content (AvgIpc) is 2.46. The number of anilines is 2. The number of alkyl halides is 1. The topological polar surface area (TPSA) is 16.1 Å². The number of aryl methyl sites for hydroxylation is 2. The van der Waals surface area contributed by atoms with Crippen molar-refractivity contribution in [3.63, 3.8) is 0 Å². The smallest absolute Gasteiger partial charge is 0.135 e. The fourth-order valence-electron chi connectivity index (χ4n) is 2.13. The minimum absolute atomic E-state index is 0.503. The third-order valence-electron chi connectivity index (χ3n) is 3.31. The van der Waals surface area contributed by atoms with E-state index < -0.39 is 0 Å². The van der Waals surface area contributed by atoms with Gasteiger partial charge in [0.15, 0.2) is 0 Å². The van der Waals surface area contributed by atoms with Gasteiger partial charge in [-0.05, 0) is 48.2 Å². The molecule has 2 aromatic rings. The van der Waals surface area contributed by atoms with Crippen molar-refractivity contribution >= 4 is 23.1 Å². The van der Waals surface area contributed by atoms with E-state index in [-0.39, 0.29) is 0 Å². The van der Waals surface area contributed by atoms with E-state index in [0.29, 0.717) is 5.88 Å². The Hall–Kier alpha value is -1.54. The molecule has 19 heavy (non-hydrogen) atoms. The first-order valence-corrected chi connectivity index (χ1v) is 7.03. The van der Waals surface area contributed by atoms with Crippen molar-refractivity contribution in [1.82, 2.24) is 4.98 Å². The number of nitrogens with zero attached hydrogens (tertiary/aromatic N) is 2. The van der Waals surface area contributed by atoms with Crippen LogP contribution in [0.2, 0.25) is 0 Å². The highest BCUT2D eigenvalue weighted by molar-refractivity contribution is 6.17. The van der Waals surface area contributed by atoms with Gasteiger partial charge in [-0.1, -0.05) is 19.1 Å². The summed E-state index contributed by atoms with van der Waals surface area (Å²) in [5.41, 5.74) is 4.68. The molecule has 2 nitrogen and oxygen atoms in total. The van der Waals surface area contributed by atoms with Crippen LogP contribution >= 0.6 is 11.6 Å². The van der Waals surface area contributed by atoms with E-state index in [4.69, 9.17) is 11.6 Å². The molecule has 0 aliphatic carbocycles. The lowest BCUT2D eigenvalue weighted by atomic mass is 10.1. The van der Waals surface area contributed by atoms with Crippen LogP contribution in [0.15, 0.2) is 36.5 Å². The zero-order chi connectivity index (χ0) is 13.8. The lowest BCUT2D eigenvalue weighted by Gasteiger charge is -2.21. The Bertz CT molecular complexity index is 549. The summed E-state index contributed by atoms with van der Waals surface area (Å²) < 4.78 is 0. The molecule has 0 spiro atoms. The number of pyridine rings is 1. The minimum Gasteiger partial charge on any atom is -0.329 e. The van der Waals surface area contributed by atoms with Crippen molar-refractivity contribution < 1.29 is 0 Å². The van der Waals surface area contributed by atoms with Crippen molar-refractivity contribution in [1.29, 1.82) is 0 Å². The number of hydrogen-bond donors (Lipinski definition) is 0. The van der Waals surface area contributed by atoms with E-state index >= 15 is 0 Å². The molecule has 0 aliphatic rings. The van der Waals surface area contributed by atoms with E-state index in [2.05, 4.69) is 54.1 Å². The Labute approximate surface area is 120 Å². The summed E-state index contributed by atoms with van der Waals surface area (Å²) in [6, 6.07) is 10.7. The molecule has 0 N–H and O–H groups in total. The molecule has 2 rings (SSSR count). The van der Waals surface area contributed by atoms with Crippen LogP contribution in [0.25, 0.3) is 0 Å². The maximum atomic E-state index is 5.83. The van der Waals surface area contributed by atoms with Gasteiger partial charge in [0.1, 0.15) is 5.82 Å². The highest BCUT2D eigenvalue weighted by Crippen LogP contribution is 2.25. The van der Waals surface area contributed by atoms with Crippen LogP contribution in [0.3, 0.4) is 0 Å². The Kier molecular flexibility index (Phi) is 4.43. The van der Waals surface area contributed by atoms with Crippen LogP contribution in [-0.2, 0) is 12.3 Å². The second-order valence-corrected chi connectivity index (χ2v) is 4.96. The van der Waals surface area contributed by atoms with Crippen LogP contribution in [0.5, 0.6) is 0 Å². The zero-order valence-corrected chi connectivity index (χ0v) is 12.4. The van der Waals surface area contributed by atoms with Crippen molar-refractivity contribution in [2.45, 2.75) is 26.1 Å². The molecule has 0 bridgehead atoms.